The molecule has 0 aliphatic heterocycles. The predicted molar refractivity (Wildman–Crippen MR) is 83.5 cm³/mol. The standard InChI is InChI=1S/C16H23F3O2S/c1-5-8-12(11-22(20)15(2,3)4)13-9-6-7-10-14(13)21-16(17,18)19/h6-7,9-10,12H,5,8,11H2,1-4H3/t12?,22-/m1/s1. The average Bonchev–Trinajstić information content (AvgIpc) is 2.35. The second kappa shape index (κ2) is 7.49. The van der Waals surface area contributed by atoms with Gasteiger partial charge in [0.15, 0.2) is 0 Å². The molecule has 0 aliphatic carbocycles. The number of rotatable bonds is 6. The van der Waals surface area contributed by atoms with Gasteiger partial charge in [-0.3, -0.25) is 4.21 Å². The summed E-state index contributed by atoms with van der Waals surface area (Å²) in [4.78, 5) is 0. The van der Waals surface area contributed by atoms with E-state index in [1.807, 2.05) is 27.7 Å². The van der Waals surface area contributed by atoms with Crippen LogP contribution in [0.25, 0.3) is 0 Å². The minimum Gasteiger partial charge on any atom is -0.405 e. The molecular weight excluding hydrogens is 313 g/mol. The number of hydrogen-bond donors (Lipinski definition) is 0. The zero-order chi connectivity index (χ0) is 17.0. The Morgan fingerprint density at radius 1 is 1.18 bits per heavy atom. The fourth-order valence-corrected chi connectivity index (χ4v) is 3.36. The van der Waals surface area contributed by atoms with Crippen molar-refractivity contribution in [1.29, 1.82) is 0 Å². The zero-order valence-electron chi connectivity index (χ0n) is 13.4. The van der Waals surface area contributed by atoms with E-state index in [0.717, 1.165) is 6.42 Å². The lowest BCUT2D eigenvalue weighted by Gasteiger charge is -2.24. The van der Waals surface area contributed by atoms with E-state index in [-0.39, 0.29) is 11.7 Å². The van der Waals surface area contributed by atoms with Crippen LogP contribution in [0.2, 0.25) is 0 Å². The molecule has 22 heavy (non-hydrogen) atoms. The van der Waals surface area contributed by atoms with Gasteiger partial charge in [-0.05, 0) is 44.7 Å². The molecule has 0 spiro atoms. The highest BCUT2D eigenvalue weighted by atomic mass is 32.2. The van der Waals surface area contributed by atoms with Crippen LogP contribution in [-0.4, -0.2) is 21.1 Å². The quantitative estimate of drug-likeness (QED) is 0.729. The molecule has 0 heterocycles. The van der Waals surface area contributed by atoms with Crippen molar-refractivity contribution in [3.63, 3.8) is 0 Å². The molecule has 1 aromatic carbocycles. The highest BCUT2D eigenvalue weighted by Crippen LogP contribution is 2.35. The maximum atomic E-state index is 12.5. The highest BCUT2D eigenvalue weighted by molar-refractivity contribution is 7.86. The number of halogens is 3. The summed E-state index contributed by atoms with van der Waals surface area (Å²) in [6.07, 6.45) is -3.26. The molecule has 2 nitrogen and oxygen atoms in total. The van der Waals surface area contributed by atoms with E-state index in [2.05, 4.69) is 4.74 Å². The first-order valence-corrected chi connectivity index (χ1v) is 8.59. The molecule has 1 unspecified atom stereocenters. The van der Waals surface area contributed by atoms with Gasteiger partial charge in [-0.15, -0.1) is 13.2 Å². The van der Waals surface area contributed by atoms with Crippen LogP contribution in [0, 0.1) is 0 Å². The van der Waals surface area contributed by atoms with Crippen molar-refractivity contribution in [3.8, 4) is 5.75 Å². The van der Waals surface area contributed by atoms with Gasteiger partial charge >= 0.3 is 6.36 Å². The average molecular weight is 336 g/mol. The minimum absolute atomic E-state index is 0.195. The molecule has 2 atom stereocenters. The summed E-state index contributed by atoms with van der Waals surface area (Å²) in [5.74, 6) is -0.0850. The van der Waals surface area contributed by atoms with Crippen molar-refractivity contribution in [1.82, 2.24) is 0 Å². The monoisotopic (exact) mass is 336 g/mol. The first-order valence-electron chi connectivity index (χ1n) is 7.27. The summed E-state index contributed by atoms with van der Waals surface area (Å²) in [6, 6.07) is 6.13. The number of ether oxygens (including phenoxy) is 1. The number of alkyl halides is 3. The maximum absolute atomic E-state index is 12.5. The van der Waals surface area contributed by atoms with Crippen LogP contribution < -0.4 is 4.74 Å². The van der Waals surface area contributed by atoms with E-state index in [4.69, 9.17) is 0 Å². The summed E-state index contributed by atoms with van der Waals surface area (Å²) >= 11 is 0. The fourth-order valence-electron chi connectivity index (χ4n) is 2.15. The Morgan fingerprint density at radius 3 is 2.27 bits per heavy atom. The fraction of sp³-hybridized carbons (Fsp3) is 0.625. The van der Waals surface area contributed by atoms with E-state index in [1.54, 1.807) is 12.1 Å². The van der Waals surface area contributed by atoms with Crippen LogP contribution in [-0.2, 0) is 10.8 Å². The third-order valence-corrected chi connectivity index (χ3v) is 5.33. The topological polar surface area (TPSA) is 26.3 Å². The van der Waals surface area contributed by atoms with Gasteiger partial charge in [-0.25, -0.2) is 0 Å². The lowest BCUT2D eigenvalue weighted by molar-refractivity contribution is -0.275. The molecular formula is C16H23F3O2S. The van der Waals surface area contributed by atoms with E-state index in [0.29, 0.717) is 17.7 Å². The maximum Gasteiger partial charge on any atom is 0.573 e. The SMILES string of the molecule is CCCC(C[S@@](=O)C(C)(C)C)c1ccccc1OC(F)(F)F. The van der Waals surface area contributed by atoms with Gasteiger partial charge in [0, 0.05) is 21.3 Å². The Hall–Kier alpha value is -1.04. The smallest absolute Gasteiger partial charge is 0.405 e. The van der Waals surface area contributed by atoms with E-state index < -0.39 is 21.9 Å². The Labute approximate surface area is 132 Å². The van der Waals surface area contributed by atoms with Crippen LogP contribution in [0.1, 0.15) is 52.0 Å². The zero-order valence-corrected chi connectivity index (χ0v) is 14.2. The van der Waals surface area contributed by atoms with Gasteiger partial charge in [0.1, 0.15) is 5.75 Å². The van der Waals surface area contributed by atoms with E-state index in [9.17, 15) is 17.4 Å². The molecule has 0 bridgehead atoms. The van der Waals surface area contributed by atoms with Gasteiger partial charge in [0.05, 0.1) is 0 Å². The summed E-state index contributed by atoms with van der Waals surface area (Å²) in [5, 5.41) is 0. The Bertz CT molecular complexity index is 507. The lowest BCUT2D eigenvalue weighted by Crippen LogP contribution is -2.27. The van der Waals surface area contributed by atoms with Crippen LogP contribution in [0.5, 0.6) is 5.75 Å². The van der Waals surface area contributed by atoms with Gasteiger partial charge in [0.2, 0.25) is 0 Å². The molecule has 1 rings (SSSR count). The van der Waals surface area contributed by atoms with Crippen LogP contribution >= 0.6 is 0 Å². The van der Waals surface area contributed by atoms with Crippen LogP contribution in [0.3, 0.4) is 0 Å². The van der Waals surface area contributed by atoms with Gasteiger partial charge < -0.3 is 4.74 Å². The number of para-hydroxylation sites is 1. The minimum atomic E-state index is -4.73. The van der Waals surface area contributed by atoms with Crippen molar-refractivity contribution < 1.29 is 22.1 Å². The third kappa shape index (κ3) is 5.99. The molecule has 0 aliphatic rings. The van der Waals surface area contributed by atoms with Crippen molar-refractivity contribution in [2.24, 2.45) is 0 Å². The first-order chi connectivity index (χ1) is 10.0. The second-order valence-corrected chi connectivity index (χ2v) is 8.44. The van der Waals surface area contributed by atoms with Gasteiger partial charge in [-0.1, -0.05) is 31.5 Å². The van der Waals surface area contributed by atoms with Gasteiger partial charge in [-0.2, -0.15) is 0 Å². The second-order valence-electron chi connectivity index (χ2n) is 6.20. The van der Waals surface area contributed by atoms with E-state index >= 15 is 0 Å². The largest absolute Gasteiger partial charge is 0.573 e. The van der Waals surface area contributed by atoms with Crippen LogP contribution in [0.15, 0.2) is 24.3 Å². The lowest BCUT2D eigenvalue weighted by atomic mass is 9.95. The summed E-state index contributed by atoms with van der Waals surface area (Å²) in [5.41, 5.74) is 0.472. The third-order valence-electron chi connectivity index (χ3n) is 3.26. The molecule has 0 amide bonds. The van der Waals surface area contributed by atoms with Crippen molar-refractivity contribution in [2.45, 2.75) is 57.6 Å². The number of benzene rings is 1. The van der Waals surface area contributed by atoms with Crippen molar-refractivity contribution >= 4 is 10.8 Å². The highest BCUT2D eigenvalue weighted by Gasteiger charge is 2.33. The van der Waals surface area contributed by atoms with E-state index in [1.165, 1.54) is 12.1 Å². The van der Waals surface area contributed by atoms with Crippen molar-refractivity contribution in [2.75, 3.05) is 5.75 Å². The molecule has 0 saturated heterocycles. The molecule has 0 aromatic heterocycles. The molecule has 0 saturated carbocycles. The summed E-state index contributed by atoms with van der Waals surface area (Å²) in [7, 11) is -1.14. The molecule has 6 heteroatoms. The van der Waals surface area contributed by atoms with Gasteiger partial charge in [0.25, 0.3) is 0 Å². The number of hydrogen-bond acceptors (Lipinski definition) is 2. The molecule has 126 valence electrons. The summed E-state index contributed by atoms with van der Waals surface area (Å²) in [6.45, 7) is 7.55. The normalized spacial score (nSPS) is 15.4. The predicted octanol–water partition coefficient (Wildman–Crippen LogP) is 5.02. The van der Waals surface area contributed by atoms with Crippen LogP contribution in [0.4, 0.5) is 13.2 Å². The molecule has 0 fully saturated rings. The first kappa shape index (κ1) is 19.0. The Balaban J connectivity index is 3.08. The summed E-state index contributed by atoms with van der Waals surface area (Å²) < 4.78 is 53.7. The van der Waals surface area contributed by atoms with Crippen molar-refractivity contribution in [3.05, 3.63) is 29.8 Å². The molecule has 0 N–H and O–H groups in total. The Kier molecular flexibility index (Phi) is 6.47. The molecule has 1 aromatic rings. The molecule has 0 radical (unpaired) electrons. The Morgan fingerprint density at radius 2 is 1.77 bits per heavy atom.